The summed E-state index contributed by atoms with van der Waals surface area (Å²) in [6.07, 6.45) is 1.55. The molecule has 5 rings (SSSR count). The Kier molecular flexibility index (Phi) is 5.34. The van der Waals surface area contributed by atoms with Crippen LogP contribution >= 0.6 is 0 Å². The van der Waals surface area contributed by atoms with E-state index in [4.69, 9.17) is 4.74 Å². The summed E-state index contributed by atoms with van der Waals surface area (Å²) in [6.45, 7) is 1.16. The average molecular weight is 425 g/mol. The van der Waals surface area contributed by atoms with Gasteiger partial charge in [-0.25, -0.2) is 4.79 Å². The Balaban J connectivity index is 1.18. The van der Waals surface area contributed by atoms with Gasteiger partial charge in [-0.3, -0.25) is 4.79 Å². The summed E-state index contributed by atoms with van der Waals surface area (Å²) >= 11 is 0. The molecule has 0 spiro atoms. The number of fused-ring (bicyclic) bond motifs is 1. The molecule has 32 heavy (non-hydrogen) atoms. The van der Waals surface area contributed by atoms with E-state index in [1.54, 1.807) is 4.90 Å². The lowest BCUT2D eigenvalue weighted by atomic mass is 10.1. The van der Waals surface area contributed by atoms with Crippen LogP contribution in [0.25, 0.3) is 16.6 Å². The fourth-order valence-electron chi connectivity index (χ4n) is 3.95. The van der Waals surface area contributed by atoms with Crippen LogP contribution in [0.2, 0.25) is 0 Å². The third-order valence-corrected chi connectivity index (χ3v) is 5.67. The van der Waals surface area contributed by atoms with Gasteiger partial charge < -0.3 is 19.5 Å². The van der Waals surface area contributed by atoms with Crippen molar-refractivity contribution >= 4 is 22.9 Å². The Morgan fingerprint density at radius 2 is 1.69 bits per heavy atom. The lowest BCUT2D eigenvalue weighted by Gasteiger charge is -2.39. The number of hydrogen-bond acceptors (Lipinski definition) is 3. The maximum absolute atomic E-state index is 12.9. The van der Waals surface area contributed by atoms with Crippen LogP contribution in [0.5, 0.6) is 0 Å². The Morgan fingerprint density at radius 3 is 2.53 bits per heavy atom. The van der Waals surface area contributed by atoms with Gasteiger partial charge in [0.15, 0.2) is 0 Å². The summed E-state index contributed by atoms with van der Waals surface area (Å²) in [5, 5.41) is 3.97. The number of benzene rings is 3. The molecular formula is C26H23N3O3. The normalized spacial score (nSPS) is 13.6. The van der Waals surface area contributed by atoms with E-state index in [2.05, 4.69) is 28.1 Å². The summed E-state index contributed by atoms with van der Waals surface area (Å²) in [5.74, 6) is -0.0426. The van der Waals surface area contributed by atoms with Crippen LogP contribution in [-0.4, -0.2) is 40.6 Å². The molecule has 0 unspecified atom stereocenters. The van der Waals surface area contributed by atoms with E-state index in [0.717, 1.165) is 22.2 Å². The number of ether oxygens (including phenoxy) is 1. The van der Waals surface area contributed by atoms with Gasteiger partial charge in [0.25, 0.3) is 5.91 Å². The molecular weight excluding hydrogens is 402 g/mol. The van der Waals surface area contributed by atoms with Gasteiger partial charge in [0.05, 0.1) is 11.6 Å². The van der Waals surface area contributed by atoms with Crippen LogP contribution in [0, 0.1) is 0 Å². The fraction of sp³-hybridized carbons (Fsp3) is 0.154. The summed E-state index contributed by atoms with van der Waals surface area (Å²) in [5.41, 5.74) is 3.60. The molecule has 1 N–H and O–H groups in total. The zero-order valence-electron chi connectivity index (χ0n) is 17.5. The van der Waals surface area contributed by atoms with Crippen molar-refractivity contribution in [2.45, 2.75) is 12.6 Å². The maximum Gasteiger partial charge on any atom is 0.407 e. The number of carbonyl (C=O) groups is 2. The van der Waals surface area contributed by atoms with Crippen molar-refractivity contribution in [1.29, 1.82) is 0 Å². The highest BCUT2D eigenvalue weighted by molar-refractivity contribution is 5.95. The molecule has 0 aliphatic carbocycles. The molecule has 1 fully saturated rings. The van der Waals surface area contributed by atoms with E-state index in [1.165, 1.54) is 0 Å². The minimum Gasteiger partial charge on any atom is -0.445 e. The smallest absolute Gasteiger partial charge is 0.407 e. The molecule has 1 aliphatic rings. The van der Waals surface area contributed by atoms with E-state index >= 15 is 0 Å². The number of alkyl carbamates (subject to hydrolysis) is 1. The Morgan fingerprint density at radius 1 is 0.906 bits per heavy atom. The first-order chi connectivity index (χ1) is 15.7. The van der Waals surface area contributed by atoms with Crippen LogP contribution in [0.1, 0.15) is 15.9 Å². The molecule has 2 amide bonds. The number of aromatic nitrogens is 1. The summed E-state index contributed by atoms with van der Waals surface area (Å²) in [4.78, 5) is 26.7. The fourth-order valence-corrected chi connectivity index (χ4v) is 3.95. The highest BCUT2D eigenvalue weighted by atomic mass is 16.5. The van der Waals surface area contributed by atoms with Gasteiger partial charge >= 0.3 is 6.09 Å². The number of nitrogens with zero attached hydrogens (tertiary/aromatic N) is 2. The second-order valence-corrected chi connectivity index (χ2v) is 7.91. The molecule has 1 aliphatic heterocycles. The SMILES string of the molecule is O=C(NC1CN(C(=O)c2cccc(-n3ccc4ccccc43)c2)C1)OCc1ccccc1. The molecule has 3 aromatic carbocycles. The number of nitrogens with one attached hydrogen (secondary N) is 1. The minimum absolute atomic E-state index is 0.0426. The molecule has 1 aromatic heterocycles. The topological polar surface area (TPSA) is 63.6 Å². The van der Waals surface area contributed by atoms with Crippen molar-refractivity contribution in [2.24, 2.45) is 0 Å². The predicted octanol–water partition coefficient (Wildman–Crippen LogP) is 4.38. The van der Waals surface area contributed by atoms with Crippen LogP contribution < -0.4 is 5.32 Å². The number of likely N-dealkylation sites (tertiary alicyclic amines) is 1. The Bertz CT molecular complexity index is 1260. The zero-order chi connectivity index (χ0) is 21.9. The lowest BCUT2D eigenvalue weighted by Crippen LogP contribution is -2.61. The number of carbonyl (C=O) groups excluding carboxylic acids is 2. The van der Waals surface area contributed by atoms with E-state index in [-0.39, 0.29) is 18.6 Å². The number of hydrogen-bond donors (Lipinski definition) is 1. The van der Waals surface area contributed by atoms with E-state index in [9.17, 15) is 9.59 Å². The molecule has 6 nitrogen and oxygen atoms in total. The van der Waals surface area contributed by atoms with Gasteiger partial charge in [0, 0.05) is 30.5 Å². The third kappa shape index (κ3) is 4.07. The van der Waals surface area contributed by atoms with E-state index in [1.807, 2.05) is 72.9 Å². The first-order valence-corrected chi connectivity index (χ1v) is 10.6. The van der Waals surface area contributed by atoms with E-state index in [0.29, 0.717) is 18.7 Å². The zero-order valence-corrected chi connectivity index (χ0v) is 17.5. The molecule has 1 saturated heterocycles. The van der Waals surface area contributed by atoms with Crippen molar-refractivity contribution in [2.75, 3.05) is 13.1 Å². The highest BCUT2D eigenvalue weighted by Crippen LogP contribution is 2.22. The molecule has 0 radical (unpaired) electrons. The monoisotopic (exact) mass is 425 g/mol. The van der Waals surface area contributed by atoms with Crippen molar-refractivity contribution in [3.8, 4) is 5.69 Å². The van der Waals surface area contributed by atoms with Gasteiger partial charge in [-0.05, 0) is 41.3 Å². The van der Waals surface area contributed by atoms with Gasteiger partial charge in [0.1, 0.15) is 6.61 Å². The van der Waals surface area contributed by atoms with Crippen LogP contribution in [0.15, 0.2) is 91.1 Å². The second-order valence-electron chi connectivity index (χ2n) is 7.91. The summed E-state index contributed by atoms with van der Waals surface area (Å²) in [7, 11) is 0. The van der Waals surface area contributed by atoms with Crippen LogP contribution in [0.4, 0.5) is 4.79 Å². The van der Waals surface area contributed by atoms with Gasteiger partial charge in [0.2, 0.25) is 0 Å². The van der Waals surface area contributed by atoms with Crippen molar-refractivity contribution < 1.29 is 14.3 Å². The molecule has 160 valence electrons. The molecule has 6 heteroatoms. The highest BCUT2D eigenvalue weighted by Gasteiger charge is 2.32. The van der Waals surface area contributed by atoms with Crippen LogP contribution in [0.3, 0.4) is 0 Å². The number of amides is 2. The Labute approximate surface area is 186 Å². The molecule has 4 aromatic rings. The first kappa shape index (κ1) is 19.9. The van der Waals surface area contributed by atoms with E-state index < -0.39 is 6.09 Å². The second kappa shape index (κ2) is 8.59. The van der Waals surface area contributed by atoms with Gasteiger partial charge in [-0.15, -0.1) is 0 Å². The first-order valence-electron chi connectivity index (χ1n) is 10.6. The molecule has 0 saturated carbocycles. The standard InChI is InChI=1S/C26H23N3O3/c30-25(28-16-22(17-28)27-26(31)32-18-19-7-2-1-3-8-19)21-10-6-11-23(15-21)29-14-13-20-9-4-5-12-24(20)29/h1-15,22H,16-18H2,(H,27,31). The molecule has 0 atom stereocenters. The van der Waals surface area contributed by atoms with Crippen molar-refractivity contribution in [3.63, 3.8) is 0 Å². The van der Waals surface area contributed by atoms with Gasteiger partial charge in [-0.1, -0.05) is 54.6 Å². The van der Waals surface area contributed by atoms with Gasteiger partial charge in [-0.2, -0.15) is 0 Å². The number of rotatable bonds is 5. The third-order valence-electron chi connectivity index (χ3n) is 5.67. The molecule has 2 heterocycles. The van der Waals surface area contributed by atoms with Crippen molar-refractivity contribution in [3.05, 3.63) is 102 Å². The maximum atomic E-state index is 12.9. The number of para-hydroxylation sites is 1. The van der Waals surface area contributed by atoms with Crippen molar-refractivity contribution in [1.82, 2.24) is 14.8 Å². The largest absolute Gasteiger partial charge is 0.445 e. The predicted molar refractivity (Wildman–Crippen MR) is 123 cm³/mol. The Hall–Kier alpha value is -4.06. The minimum atomic E-state index is -0.465. The quantitative estimate of drug-likeness (QED) is 0.516. The van der Waals surface area contributed by atoms with Crippen LogP contribution in [-0.2, 0) is 11.3 Å². The average Bonchev–Trinajstić information content (AvgIpc) is 3.24. The lowest BCUT2D eigenvalue weighted by molar-refractivity contribution is 0.0545. The summed E-state index contributed by atoms with van der Waals surface area (Å²) in [6, 6.07) is 27.3. The molecule has 0 bridgehead atoms. The summed E-state index contributed by atoms with van der Waals surface area (Å²) < 4.78 is 7.33.